The third-order valence-corrected chi connectivity index (χ3v) is 6.05. The third kappa shape index (κ3) is 3.26. The Bertz CT molecular complexity index is 799. The van der Waals surface area contributed by atoms with Crippen molar-refractivity contribution >= 4 is 27.2 Å². The zero-order valence-corrected chi connectivity index (χ0v) is 16.1. The zero-order valence-electron chi connectivity index (χ0n) is 15.2. The molecule has 3 nitrogen and oxygen atoms in total. The van der Waals surface area contributed by atoms with Crippen LogP contribution in [0.4, 0.5) is 5.69 Å². The molecule has 2 aromatic rings. The molecule has 2 N–H and O–H groups in total. The minimum Gasteiger partial charge on any atom is -0.380 e. The first-order chi connectivity index (χ1) is 11.5. The average molecular weight is 342 g/mol. The van der Waals surface area contributed by atoms with Gasteiger partial charge in [-0.2, -0.15) is 0 Å². The third-order valence-electron chi connectivity index (χ3n) is 4.65. The maximum Gasteiger partial charge on any atom is 0.0866 e. The van der Waals surface area contributed by atoms with Crippen LogP contribution in [0.1, 0.15) is 42.4 Å². The molecule has 128 valence electrons. The monoisotopic (exact) mass is 341 g/mol. The molecule has 1 unspecified atom stereocenters. The minimum atomic E-state index is 0.374. The maximum atomic E-state index is 4.83. The number of rotatable bonds is 6. The lowest BCUT2D eigenvalue weighted by Crippen LogP contribution is -2.21. The molecule has 0 spiro atoms. The van der Waals surface area contributed by atoms with Gasteiger partial charge >= 0.3 is 0 Å². The lowest BCUT2D eigenvalue weighted by molar-refractivity contribution is 0.448. The molecule has 4 heteroatoms. The molecule has 2 heterocycles. The quantitative estimate of drug-likeness (QED) is 0.765. The highest BCUT2D eigenvalue weighted by atomic mass is 32.1. The van der Waals surface area contributed by atoms with E-state index in [1.165, 1.54) is 26.4 Å². The van der Waals surface area contributed by atoms with Gasteiger partial charge in [0.25, 0.3) is 0 Å². The van der Waals surface area contributed by atoms with Crippen LogP contribution in [-0.2, 0) is 0 Å². The Balaban J connectivity index is 1.99. The molecule has 2 aromatic heterocycles. The maximum absolute atomic E-state index is 4.83. The van der Waals surface area contributed by atoms with Gasteiger partial charge < -0.3 is 10.6 Å². The largest absolute Gasteiger partial charge is 0.380 e. The van der Waals surface area contributed by atoms with E-state index in [-0.39, 0.29) is 0 Å². The second-order valence-electron chi connectivity index (χ2n) is 6.90. The summed E-state index contributed by atoms with van der Waals surface area (Å²) in [5.74, 6) is 0.550. The van der Waals surface area contributed by atoms with E-state index in [1.54, 1.807) is 0 Å². The van der Waals surface area contributed by atoms with E-state index >= 15 is 0 Å². The number of nitrogens with zero attached hydrogens (tertiary/aromatic N) is 1. The average Bonchev–Trinajstić information content (AvgIpc) is 3.15. The highest BCUT2D eigenvalue weighted by Crippen LogP contribution is 2.40. The Morgan fingerprint density at radius 3 is 2.71 bits per heavy atom. The van der Waals surface area contributed by atoms with E-state index in [4.69, 9.17) is 4.98 Å². The van der Waals surface area contributed by atoms with Gasteiger partial charge in [0.2, 0.25) is 0 Å². The highest BCUT2D eigenvalue weighted by Gasteiger charge is 2.22. The second kappa shape index (κ2) is 7.08. The lowest BCUT2D eigenvalue weighted by atomic mass is 10.00. The van der Waals surface area contributed by atoms with E-state index in [9.17, 15) is 0 Å². The summed E-state index contributed by atoms with van der Waals surface area (Å²) in [6.45, 7) is 9.72. The number of allylic oxidation sites excluding steroid dienone is 3. The van der Waals surface area contributed by atoms with Crippen molar-refractivity contribution in [2.45, 2.75) is 40.2 Å². The van der Waals surface area contributed by atoms with Crippen LogP contribution in [0.2, 0.25) is 0 Å². The molecule has 24 heavy (non-hydrogen) atoms. The number of aromatic nitrogens is 1. The van der Waals surface area contributed by atoms with Gasteiger partial charge in [-0.25, -0.2) is 0 Å². The standard InChI is InChI=1S/C20H27N3S/c1-12(2)17(21-5)19-14(4)18-20(24-19)16(10-13(3)23-18)22-11-15-8-6-7-9-15/h6-8,10,12,17,21H,9,11H2,1-5H3,(H,22,23). The van der Waals surface area contributed by atoms with Crippen LogP contribution in [0.15, 0.2) is 29.9 Å². The van der Waals surface area contributed by atoms with E-state index in [2.05, 4.69) is 62.6 Å². The van der Waals surface area contributed by atoms with Crippen LogP contribution >= 0.6 is 11.3 Å². The molecule has 0 aromatic carbocycles. The van der Waals surface area contributed by atoms with Gasteiger partial charge in [0.15, 0.2) is 0 Å². The molecule has 1 aliphatic carbocycles. The van der Waals surface area contributed by atoms with Gasteiger partial charge in [-0.15, -0.1) is 11.3 Å². The van der Waals surface area contributed by atoms with Crippen LogP contribution in [-0.4, -0.2) is 18.6 Å². The van der Waals surface area contributed by atoms with Crippen LogP contribution in [0.3, 0.4) is 0 Å². The van der Waals surface area contributed by atoms with Crippen LogP contribution in [0, 0.1) is 19.8 Å². The SMILES string of the molecule is CNC(c1sc2c(NCC3=CC=CC3)cc(C)nc2c1C)C(C)C. The highest BCUT2D eigenvalue weighted by molar-refractivity contribution is 7.20. The van der Waals surface area contributed by atoms with Gasteiger partial charge in [-0.05, 0) is 50.4 Å². The molecular weight excluding hydrogens is 314 g/mol. The summed E-state index contributed by atoms with van der Waals surface area (Å²) in [7, 11) is 2.05. The van der Waals surface area contributed by atoms with Crippen molar-refractivity contribution in [1.82, 2.24) is 10.3 Å². The molecule has 0 radical (unpaired) electrons. The Morgan fingerprint density at radius 1 is 1.29 bits per heavy atom. The number of thiophene rings is 1. The molecule has 0 aliphatic heterocycles. The van der Waals surface area contributed by atoms with Crippen molar-refractivity contribution in [3.8, 4) is 0 Å². The van der Waals surface area contributed by atoms with Crippen molar-refractivity contribution in [2.24, 2.45) is 5.92 Å². The van der Waals surface area contributed by atoms with Crippen molar-refractivity contribution in [3.63, 3.8) is 0 Å². The number of hydrogen-bond donors (Lipinski definition) is 2. The summed E-state index contributed by atoms with van der Waals surface area (Å²) in [5, 5.41) is 7.11. The second-order valence-corrected chi connectivity index (χ2v) is 7.95. The van der Waals surface area contributed by atoms with Gasteiger partial charge in [0, 0.05) is 23.2 Å². The molecule has 0 saturated carbocycles. The number of nitrogens with one attached hydrogen (secondary N) is 2. The Hall–Kier alpha value is -1.65. The first-order valence-corrected chi connectivity index (χ1v) is 9.49. The normalized spacial score (nSPS) is 15.3. The first kappa shape index (κ1) is 17.2. The van der Waals surface area contributed by atoms with Gasteiger partial charge in [0.1, 0.15) is 0 Å². The summed E-state index contributed by atoms with van der Waals surface area (Å²) in [5.41, 5.74) is 6.18. The number of pyridine rings is 1. The predicted molar refractivity (Wildman–Crippen MR) is 106 cm³/mol. The van der Waals surface area contributed by atoms with Gasteiger partial charge in [-0.3, -0.25) is 4.98 Å². The van der Waals surface area contributed by atoms with Crippen molar-refractivity contribution in [3.05, 3.63) is 46.0 Å². The zero-order chi connectivity index (χ0) is 17.3. The molecular formula is C20H27N3S. The van der Waals surface area contributed by atoms with E-state index < -0.39 is 0 Å². The summed E-state index contributed by atoms with van der Waals surface area (Å²) in [4.78, 5) is 6.24. The summed E-state index contributed by atoms with van der Waals surface area (Å²) >= 11 is 1.88. The molecule has 1 atom stereocenters. The van der Waals surface area contributed by atoms with Crippen LogP contribution in [0.25, 0.3) is 10.2 Å². The van der Waals surface area contributed by atoms with Crippen LogP contribution < -0.4 is 10.6 Å². The fraction of sp³-hybridized carbons (Fsp3) is 0.450. The Labute approximate surface area is 148 Å². The molecule has 0 bridgehead atoms. The molecule has 0 amide bonds. The van der Waals surface area contributed by atoms with E-state index in [0.29, 0.717) is 12.0 Å². The molecule has 3 rings (SSSR count). The minimum absolute atomic E-state index is 0.374. The Morgan fingerprint density at radius 2 is 2.08 bits per heavy atom. The number of anilines is 1. The van der Waals surface area contributed by atoms with Crippen LogP contribution in [0.5, 0.6) is 0 Å². The molecule has 0 fully saturated rings. The molecule has 1 aliphatic rings. The van der Waals surface area contributed by atoms with Crippen molar-refractivity contribution < 1.29 is 0 Å². The van der Waals surface area contributed by atoms with Gasteiger partial charge in [-0.1, -0.05) is 32.1 Å². The fourth-order valence-electron chi connectivity index (χ4n) is 3.35. The Kier molecular flexibility index (Phi) is 5.07. The summed E-state index contributed by atoms with van der Waals surface area (Å²) in [6, 6.07) is 2.55. The van der Waals surface area contributed by atoms with Crippen molar-refractivity contribution in [2.75, 3.05) is 18.9 Å². The lowest BCUT2D eigenvalue weighted by Gasteiger charge is -2.19. The number of fused-ring (bicyclic) bond motifs is 1. The van der Waals surface area contributed by atoms with E-state index in [0.717, 1.165) is 24.2 Å². The number of aryl methyl sites for hydroxylation is 2. The summed E-state index contributed by atoms with van der Waals surface area (Å²) < 4.78 is 1.28. The fourth-order valence-corrected chi connectivity index (χ4v) is 4.87. The predicted octanol–water partition coefficient (Wildman–Crippen LogP) is 5.13. The van der Waals surface area contributed by atoms with Crippen molar-refractivity contribution in [1.29, 1.82) is 0 Å². The smallest absolute Gasteiger partial charge is 0.0866 e. The topological polar surface area (TPSA) is 37.0 Å². The first-order valence-electron chi connectivity index (χ1n) is 8.67. The van der Waals surface area contributed by atoms with Gasteiger partial charge in [0.05, 0.1) is 15.9 Å². The summed E-state index contributed by atoms with van der Waals surface area (Å²) in [6.07, 6.45) is 7.61. The molecule has 0 saturated heterocycles. The number of hydrogen-bond acceptors (Lipinski definition) is 4. The van der Waals surface area contributed by atoms with E-state index in [1.807, 2.05) is 18.4 Å².